The summed E-state index contributed by atoms with van der Waals surface area (Å²) >= 11 is 12.6. The summed E-state index contributed by atoms with van der Waals surface area (Å²) in [6.07, 6.45) is 7.86. The zero-order valence-corrected chi connectivity index (χ0v) is 21.4. The number of aromatic nitrogens is 1. The highest BCUT2D eigenvalue weighted by atomic mass is 35.5. The Labute approximate surface area is 229 Å². The zero-order chi connectivity index (χ0) is 26.9. The maximum absolute atomic E-state index is 13.2. The number of hydrogen-bond donors (Lipinski definition) is 2. The fourth-order valence-electron chi connectivity index (χ4n) is 3.39. The molecule has 2 amide bonds. The standard InChI is InChI=1S/C30H21Cl2N3O3/c31-25-9-4-10-26(32)24(25)18-27(35-29(37)22-7-2-1-3-8-22)30(38)34-23-14-12-21(13-15-23)28(36)16-11-20-6-5-17-33-19-20/h1-19H,(H,34,38)(H,35,37)/b16-11+,27-18-. The van der Waals surface area contributed by atoms with Gasteiger partial charge in [0.15, 0.2) is 5.78 Å². The number of carbonyl (C=O) groups excluding carboxylic acids is 3. The van der Waals surface area contributed by atoms with Crippen LogP contribution in [-0.2, 0) is 4.79 Å². The highest BCUT2D eigenvalue weighted by Gasteiger charge is 2.17. The summed E-state index contributed by atoms with van der Waals surface area (Å²) in [6, 6.07) is 23.5. The molecular weight excluding hydrogens is 521 g/mol. The van der Waals surface area contributed by atoms with Crippen molar-refractivity contribution in [2.24, 2.45) is 0 Å². The molecule has 0 spiro atoms. The number of anilines is 1. The number of allylic oxidation sites excluding steroid dienone is 1. The van der Waals surface area contributed by atoms with Crippen LogP contribution in [0.25, 0.3) is 12.2 Å². The van der Waals surface area contributed by atoms with Gasteiger partial charge in [0.05, 0.1) is 0 Å². The van der Waals surface area contributed by atoms with Crippen LogP contribution >= 0.6 is 23.2 Å². The predicted molar refractivity (Wildman–Crippen MR) is 151 cm³/mol. The topological polar surface area (TPSA) is 88.2 Å². The first-order valence-corrected chi connectivity index (χ1v) is 12.2. The molecule has 1 aromatic heterocycles. The summed E-state index contributed by atoms with van der Waals surface area (Å²) in [5.41, 5.74) is 2.37. The minimum absolute atomic E-state index is 0.0617. The lowest BCUT2D eigenvalue weighted by molar-refractivity contribution is -0.113. The van der Waals surface area contributed by atoms with E-state index in [0.29, 0.717) is 32.4 Å². The van der Waals surface area contributed by atoms with Gasteiger partial charge in [-0.1, -0.05) is 53.5 Å². The number of hydrogen-bond acceptors (Lipinski definition) is 4. The number of rotatable bonds is 8. The summed E-state index contributed by atoms with van der Waals surface area (Å²) < 4.78 is 0. The van der Waals surface area contributed by atoms with E-state index in [-0.39, 0.29) is 11.5 Å². The van der Waals surface area contributed by atoms with Gasteiger partial charge in [-0.2, -0.15) is 0 Å². The summed E-state index contributed by atoms with van der Waals surface area (Å²) in [5, 5.41) is 6.02. The van der Waals surface area contributed by atoms with Crippen LogP contribution in [0.2, 0.25) is 10.0 Å². The minimum Gasteiger partial charge on any atom is -0.321 e. The molecule has 1 heterocycles. The van der Waals surface area contributed by atoms with E-state index in [1.54, 1.807) is 97.3 Å². The van der Waals surface area contributed by atoms with Crippen molar-refractivity contribution in [3.63, 3.8) is 0 Å². The smallest absolute Gasteiger partial charge is 0.272 e. The number of halogens is 2. The Kier molecular flexibility index (Phi) is 8.82. The molecule has 0 saturated carbocycles. The summed E-state index contributed by atoms with van der Waals surface area (Å²) in [6.45, 7) is 0. The molecule has 0 aliphatic carbocycles. The number of amides is 2. The van der Waals surface area contributed by atoms with Gasteiger partial charge in [0.25, 0.3) is 11.8 Å². The molecule has 4 rings (SSSR count). The molecular formula is C30H21Cl2N3O3. The van der Waals surface area contributed by atoms with Crippen LogP contribution in [0.5, 0.6) is 0 Å². The highest BCUT2D eigenvalue weighted by Crippen LogP contribution is 2.26. The molecule has 2 N–H and O–H groups in total. The molecule has 0 unspecified atom stereocenters. The van der Waals surface area contributed by atoms with Crippen molar-refractivity contribution in [3.8, 4) is 0 Å². The van der Waals surface area contributed by atoms with E-state index >= 15 is 0 Å². The van der Waals surface area contributed by atoms with Crippen molar-refractivity contribution in [1.82, 2.24) is 10.3 Å². The normalized spacial score (nSPS) is 11.3. The molecule has 38 heavy (non-hydrogen) atoms. The van der Waals surface area contributed by atoms with Gasteiger partial charge < -0.3 is 10.6 Å². The maximum Gasteiger partial charge on any atom is 0.272 e. The molecule has 0 fully saturated rings. The lowest BCUT2D eigenvalue weighted by Crippen LogP contribution is -2.30. The predicted octanol–water partition coefficient (Wildman–Crippen LogP) is 6.69. The van der Waals surface area contributed by atoms with Gasteiger partial charge in [-0.25, -0.2) is 0 Å². The summed E-state index contributed by atoms with van der Waals surface area (Å²) in [4.78, 5) is 42.5. The number of carbonyl (C=O) groups is 3. The first-order chi connectivity index (χ1) is 18.4. The molecule has 6 nitrogen and oxygen atoms in total. The van der Waals surface area contributed by atoms with Gasteiger partial charge in [0.2, 0.25) is 0 Å². The average molecular weight is 542 g/mol. The monoisotopic (exact) mass is 541 g/mol. The molecule has 8 heteroatoms. The first-order valence-electron chi connectivity index (χ1n) is 11.5. The second-order valence-corrected chi connectivity index (χ2v) is 8.84. The van der Waals surface area contributed by atoms with E-state index in [1.165, 1.54) is 12.2 Å². The molecule has 188 valence electrons. The van der Waals surface area contributed by atoms with Crippen molar-refractivity contribution in [2.75, 3.05) is 5.32 Å². The van der Waals surface area contributed by atoms with Crippen LogP contribution in [0.4, 0.5) is 5.69 Å². The van der Waals surface area contributed by atoms with Gasteiger partial charge in [-0.05, 0) is 78.4 Å². The van der Waals surface area contributed by atoms with Crippen molar-refractivity contribution in [1.29, 1.82) is 0 Å². The van der Waals surface area contributed by atoms with Crippen LogP contribution in [0.1, 0.15) is 31.8 Å². The van der Waals surface area contributed by atoms with Gasteiger partial charge in [-0.3, -0.25) is 19.4 Å². The minimum atomic E-state index is -0.596. The van der Waals surface area contributed by atoms with Crippen molar-refractivity contribution >= 4 is 58.6 Å². The Morgan fingerprint density at radius 3 is 2.13 bits per heavy atom. The molecule has 0 aliphatic heterocycles. The lowest BCUT2D eigenvalue weighted by atomic mass is 10.1. The fraction of sp³-hybridized carbons (Fsp3) is 0. The molecule has 4 aromatic rings. The SMILES string of the molecule is O=C(Nc1ccc(C(=O)/C=C/c2cccnc2)cc1)/C(=C/c1c(Cl)cccc1Cl)NC(=O)c1ccccc1. The Hall–Kier alpha value is -4.52. The van der Waals surface area contributed by atoms with E-state index in [0.717, 1.165) is 5.56 Å². The quantitative estimate of drug-likeness (QED) is 0.192. The van der Waals surface area contributed by atoms with Crippen molar-refractivity contribution in [2.45, 2.75) is 0 Å². The van der Waals surface area contributed by atoms with Crippen LogP contribution in [0, 0.1) is 0 Å². The Morgan fingerprint density at radius 2 is 1.47 bits per heavy atom. The summed E-state index contributed by atoms with van der Waals surface area (Å²) in [5.74, 6) is -1.27. The van der Waals surface area contributed by atoms with Gasteiger partial charge >= 0.3 is 0 Å². The van der Waals surface area contributed by atoms with Gasteiger partial charge in [-0.15, -0.1) is 0 Å². The second-order valence-electron chi connectivity index (χ2n) is 8.03. The van der Waals surface area contributed by atoms with E-state index in [9.17, 15) is 14.4 Å². The number of pyridine rings is 1. The van der Waals surface area contributed by atoms with E-state index in [2.05, 4.69) is 15.6 Å². The molecule has 0 radical (unpaired) electrons. The third kappa shape index (κ3) is 7.03. The van der Waals surface area contributed by atoms with Crippen LogP contribution in [-0.4, -0.2) is 22.6 Å². The van der Waals surface area contributed by atoms with E-state index < -0.39 is 11.8 Å². The van der Waals surface area contributed by atoms with Gasteiger partial charge in [0, 0.05) is 44.8 Å². The molecule has 0 bridgehead atoms. The van der Waals surface area contributed by atoms with Crippen molar-refractivity contribution < 1.29 is 14.4 Å². The highest BCUT2D eigenvalue weighted by molar-refractivity contribution is 6.37. The molecule has 0 atom stereocenters. The number of benzene rings is 3. The summed E-state index contributed by atoms with van der Waals surface area (Å²) in [7, 11) is 0. The van der Waals surface area contributed by atoms with Crippen molar-refractivity contribution in [3.05, 3.63) is 141 Å². The number of nitrogens with zero attached hydrogens (tertiary/aromatic N) is 1. The van der Waals surface area contributed by atoms with E-state index in [1.807, 2.05) is 6.07 Å². The number of nitrogens with one attached hydrogen (secondary N) is 2. The molecule has 0 aliphatic rings. The first kappa shape index (κ1) is 26.5. The Bertz CT molecular complexity index is 1500. The van der Waals surface area contributed by atoms with Crippen LogP contribution in [0.15, 0.2) is 109 Å². The lowest BCUT2D eigenvalue weighted by Gasteiger charge is -2.12. The Balaban J connectivity index is 1.53. The van der Waals surface area contributed by atoms with E-state index in [4.69, 9.17) is 23.2 Å². The third-order valence-corrected chi connectivity index (χ3v) is 6.02. The van der Waals surface area contributed by atoms with Crippen LogP contribution in [0.3, 0.4) is 0 Å². The van der Waals surface area contributed by atoms with Gasteiger partial charge in [0.1, 0.15) is 5.70 Å². The third-order valence-electron chi connectivity index (χ3n) is 5.36. The second kappa shape index (κ2) is 12.6. The molecule has 3 aromatic carbocycles. The average Bonchev–Trinajstić information content (AvgIpc) is 2.94. The zero-order valence-electron chi connectivity index (χ0n) is 19.9. The Morgan fingerprint density at radius 1 is 0.763 bits per heavy atom. The fourth-order valence-corrected chi connectivity index (χ4v) is 3.90. The maximum atomic E-state index is 13.2. The van der Waals surface area contributed by atoms with Crippen LogP contribution < -0.4 is 10.6 Å². The number of ketones is 1. The largest absolute Gasteiger partial charge is 0.321 e. The molecule has 0 saturated heterocycles.